The quantitative estimate of drug-likeness (QED) is 0.424. The van der Waals surface area contributed by atoms with E-state index in [-0.39, 0.29) is 29.2 Å². The molecule has 4 heteroatoms. The summed E-state index contributed by atoms with van der Waals surface area (Å²) < 4.78 is 11.5. The Morgan fingerprint density at radius 3 is 1.48 bits per heavy atom. The zero-order valence-electron chi connectivity index (χ0n) is 17.2. The number of esters is 2. The highest BCUT2D eigenvalue weighted by Crippen LogP contribution is 2.60. The van der Waals surface area contributed by atoms with Crippen molar-refractivity contribution in [1.82, 2.24) is 0 Å². The van der Waals surface area contributed by atoms with E-state index in [4.69, 9.17) is 9.47 Å². The molecular weight excluding hydrogens is 364 g/mol. The first-order valence-corrected chi connectivity index (χ1v) is 10.0. The van der Waals surface area contributed by atoms with Gasteiger partial charge in [-0.25, -0.2) is 0 Å². The van der Waals surface area contributed by atoms with Crippen LogP contribution in [-0.4, -0.2) is 11.9 Å². The van der Waals surface area contributed by atoms with Crippen molar-refractivity contribution in [3.05, 3.63) is 71.8 Å². The van der Waals surface area contributed by atoms with Gasteiger partial charge in [-0.15, -0.1) is 0 Å². The van der Waals surface area contributed by atoms with Gasteiger partial charge in [0, 0.05) is 0 Å². The van der Waals surface area contributed by atoms with Gasteiger partial charge in [0.25, 0.3) is 0 Å². The van der Waals surface area contributed by atoms with Crippen molar-refractivity contribution in [2.75, 3.05) is 0 Å². The Labute approximate surface area is 171 Å². The highest BCUT2D eigenvalue weighted by Gasteiger charge is 2.62. The maximum absolute atomic E-state index is 13.2. The number of aryl methyl sites for hydroxylation is 2. The average molecular weight is 390 g/mol. The fourth-order valence-electron chi connectivity index (χ4n) is 4.85. The van der Waals surface area contributed by atoms with E-state index in [0.717, 1.165) is 11.1 Å². The van der Waals surface area contributed by atoms with Crippen LogP contribution >= 0.6 is 0 Å². The average Bonchev–Trinajstić information content (AvgIpc) is 3.10. The van der Waals surface area contributed by atoms with Crippen molar-refractivity contribution in [2.24, 2.45) is 29.1 Å². The Morgan fingerprint density at radius 1 is 0.724 bits per heavy atom. The standard InChI is InChI=1S/C25H26O4/c1-15-9-5-7-11-19(15)28-23(26)21-17-13-14-18(25(17,3)4)22(21)24(27)29-20-12-8-6-10-16(20)2/h5-14,17-18,21-22H,1-4H3. The van der Waals surface area contributed by atoms with Gasteiger partial charge in [0.1, 0.15) is 11.5 Å². The molecule has 150 valence electrons. The van der Waals surface area contributed by atoms with Gasteiger partial charge in [-0.05, 0) is 54.4 Å². The summed E-state index contributed by atoms with van der Waals surface area (Å²) >= 11 is 0. The third kappa shape index (κ3) is 3.27. The number of rotatable bonds is 4. The van der Waals surface area contributed by atoms with E-state index in [9.17, 15) is 9.59 Å². The minimum Gasteiger partial charge on any atom is -0.426 e. The molecule has 2 aromatic rings. The van der Waals surface area contributed by atoms with E-state index in [1.54, 1.807) is 12.1 Å². The third-order valence-electron chi connectivity index (χ3n) is 6.56. The van der Waals surface area contributed by atoms with E-state index in [1.807, 2.05) is 50.2 Å². The molecule has 29 heavy (non-hydrogen) atoms. The molecule has 4 rings (SSSR count). The van der Waals surface area contributed by atoms with Crippen molar-refractivity contribution in [3.63, 3.8) is 0 Å². The minimum atomic E-state index is -0.559. The normalized spacial score (nSPS) is 26.3. The summed E-state index contributed by atoms with van der Waals surface area (Å²) in [5.41, 5.74) is 1.57. The fraction of sp³-hybridized carbons (Fsp3) is 0.360. The molecule has 0 aliphatic heterocycles. The van der Waals surface area contributed by atoms with Gasteiger partial charge in [0.15, 0.2) is 0 Å². The van der Waals surface area contributed by atoms with Crippen LogP contribution in [0.2, 0.25) is 0 Å². The maximum Gasteiger partial charge on any atom is 0.315 e. The number of allylic oxidation sites excluding steroid dienone is 2. The number of fused-ring (bicyclic) bond motifs is 2. The SMILES string of the molecule is Cc1ccccc1OC(=O)C1C(C(=O)Oc2ccccc2C)C2C=CC1C2(C)C. The first-order chi connectivity index (χ1) is 13.8. The van der Waals surface area contributed by atoms with E-state index in [1.165, 1.54) is 0 Å². The number of hydrogen-bond donors (Lipinski definition) is 0. The predicted molar refractivity (Wildman–Crippen MR) is 111 cm³/mol. The number of carbonyl (C=O) groups is 2. The Kier molecular flexibility index (Phi) is 4.81. The Balaban J connectivity index is 1.63. The number of benzene rings is 2. The molecular formula is C25H26O4. The Hall–Kier alpha value is -2.88. The zero-order chi connectivity index (χ0) is 20.8. The van der Waals surface area contributed by atoms with Crippen molar-refractivity contribution >= 4 is 11.9 Å². The van der Waals surface area contributed by atoms with E-state index >= 15 is 0 Å². The Bertz CT molecular complexity index is 910. The Morgan fingerprint density at radius 2 is 1.10 bits per heavy atom. The van der Waals surface area contributed by atoms with Crippen LogP contribution in [0.15, 0.2) is 60.7 Å². The van der Waals surface area contributed by atoms with Gasteiger partial charge >= 0.3 is 11.9 Å². The van der Waals surface area contributed by atoms with E-state index in [0.29, 0.717) is 11.5 Å². The molecule has 4 unspecified atom stereocenters. The molecule has 2 aromatic carbocycles. The molecule has 2 aliphatic rings. The van der Waals surface area contributed by atoms with Crippen LogP contribution in [0.3, 0.4) is 0 Å². The van der Waals surface area contributed by atoms with Crippen LogP contribution in [0, 0.1) is 42.9 Å². The van der Waals surface area contributed by atoms with E-state index in [2.05, 4.69) is 26.0 Å². The van der Waals surface area contributed by atoms with Gasteiger partial charge in [0.05, 0.1) is 11.8 Å². The lowest BCUT2D eigenvalue weighted by molar-refractivity contribution is -0.151. The third-order valence-corrected chi connectivity index (χ3v) is 6.56. The minimum absolute atomic E-state index is 0.0570. The zero-order valence-corrected chi connectivity index (χ0v) is 17.2. The molecule has 2 aliphatic carbocycles. The summed E-state index contributed by atoms with van der Waals surface area (Å²) in [4.78, 5) is 26.4. The topological polar surface area (TPSA) is 52.6 Å². The highest BCUT2D eigenvalue weighted by atomic mass is 16.5. The van der Waals surface area contributed by atoms with Gasteiger partial charge in [-0.1, -0.05) is 62.4 Å². The lowest BCUT2D eigenvalue weighted by Crippen LogP contribution is -2.37. The van der Waals surface area contributed by atoms with Crippen LogP contribution in [0.4, 0.5) is 0 Å². The molecule has 0 saturated heterocycles. The summed E-state index contributed by atoms with van der Waals surface area (Å²) in [7, 11) is 0. The molecule has 4 nitrogen and oxygen atoms in total. The van der Waals surface area contributed by atoms with Gasteiger partial charge in [-0.3, -0.25) is 9.59 Å². The van der Waals surface area contributed by atoms with Crippen LogP contribution in [0.25, 0.3) is 0 Å². The summed E-state index contributed by atoms with van der Waals surface area (Å²) in [6.45, 7) is 8.02. The van der Waals surface area contributed by atoms with Gasteiger partial charge in [-0.2, -0.15) is 0 Å². The number of para-hydroxylation sites is 2. The maximum atomic E-state index is 13.2. The summed E-state index contributed by atoms with van der Waals surface area (Å²) in [6.07, 6.45) is 4.12. The highest BCUT2D eigenvalue weighted by molar-refractivity contribution is 5.87. The molecule has 0 radical (unpaired) electrons. The molecule has 1 fully saturated rings. The molecule has 4 atom stereocenters. The molecule has 0 heterocycles. The molecule has 1 saturated carbocycles. The van der Waals surface area contributed by atoms with Crippen LogP contribution in [0.5, 0.6) is 11.5 Å². The summed E-state index contributed by atoms with van der Waals surface area (Å²) in [6, 6.07) is 14.8. The monoisotopic (exact) mass is 390 g/mol. The lowest BCUT2D eigenvalue weighted by Gasteiger charge is -2.25. The van der Waals surface area contributed by atoms with Crippen molar-refractivity contribution in [3.8, 4) is 11.5 Å². The summed E-state index contributed by atoms with van der Waals surface area (Å²) in [5, 5.41) is 0. The van der Waals surface area contributed by atoms with Gasteiger partial charge in [0.2, 0.25) is 0 Å². The number of carbonyl (C=O) groups excluding carboxylic acids is 2. The molecule has 0 N–H and O–H groups in total. The molecule has 0 amide bonds. The molecule has 0 aromatic heterocycles. The largest absolute Gasteiger partial charge is 0.426 e. The van der Waals surface area contributed by atoms with E-state index < -0.39 is 11.8 Å². The molecule has 2 bridgehead atoms. The number of hydrogen-bond acceptors (Lipinski definition) is 4. The van der Waals surface area contributed by atoms with Crippen LogP contribution < -0.4 is 9.47 Å². The van der Waals surface area contributed by atoms with Crippen molar-refractivity contribution < 1.29 is 19.1 Å². The fourth-order valence-corrected chi connectivity index (χ4v) is 4.85. The second kappa shape index (κ2) is 7.18. The second-order valence-electron chi connectivity index (χ2n) is 8.68. The summed E-state index contributed by atoms with van der Waals surface area (Å²) in [5.74, 6) is -0.891. The first kappa shape index (κ1) is 19.4. The lowest BCUT2D eigenvalue weighted by atomic mass is 9.79. The van der Waals surface area contributed by atoms with Crippen LogP contribution in [0.1, 0.15) is 25.0 Å². The first-order valence-electron chi connectivity index (χ1n) is 10.0. The smallest absolute Gasteiger partial charge is 0.315 e. The second-order valence-corrected chi connectivity index (χ2v) is 8.68. The van der Waals surface area contributed by atoms with Gasteiger partial charge < -0.3 is 9.47 Å². The predicted octanol–water partition coefficient (Wildman–Crippen LogP) is 4.89. The number of ether oxygens (including phenoxy) is 2. The van der Waals surface area contributed by atoms with Crippen molar-refractivity contribution in [1.29, 1.82) is 0 Å². The molecule has 0 spiro atoms. The van der Waals surface area contributed by atoms with Crippen molar-refractivity contribution in [2.45, 2.75) is 27.7 Å². The van der Waals surface area contributed by atoms with Crippen LogP contribution in [-0.2, 0) is 9.59 Å².